The van der Waals surface area contributed by atoms with Crippen LogP contribution in [0.4, 0.5) is 17.1 Å². The van der Waals surface area contributed by atoms with E-state index in [2.05, 4.69) is 18.1 Å². The number of benzene rings is 5. The smallest absolute Gasteiger partial charge is 0.335 e. The van der Waals surface area contributed by atoms with Crippen molar-refractivity contribution in [2.45, 2.75) is 0 Å². The maximum Gasteiger partial charge on any atom is 0.335 e. The fourth-order valence-electron chi connectivity index (χ4n) is 4.38. The van der Waals surface area contributed by atoms with Crippen molar-refractivity contribution in [1.29, 1.82) is 0 Å². The molecule has 180 valence electrons. The predicted octanol–water partition coefficient (Wildman–Crippen LogP) is 7.65. The Balaban J connectivity index is 1.77. The van der Waals surface area contributed by atoms with Crippen molar-refractivity contribution in [2.75, 3.05) is 4.90 Å². The topological polar surface area (TPSA) is 55.8 Å². The number of hydrogen-bond donors (Lipinski definition) is 0. The number of rotatable bonds is 7. The van der Waals surface area contributed by atoms with Crippen LogP contribution in [0.1, 0.15) is 0 Å². The third-order valence-electron chi connectivity index (χ3n) is 5.97. The van der Waals surface area contributed by atoms with E-state index in [-0.39, 0.29) is 0 Å². The standard InChI is InChI=1S/C32H23NO4/c1-3-31(34)36-29-20-10-14-23-25(29)16-8-18-27(23)33(22-12-6-5-7-13-22)28-19-9-17-26-24(28)15-11-21-30(26)37-32(35)4-2/h3-21H,1-2H2. The maximum absolute atomic E-state index is 12.0. The number of esters is 2. The highest BCUT2D eigenvalue weighted by Gasteiger charge is 2.19. The molecule has 37 heavy (non-hydrogen) atoms. The molecule has 0 aromatic heterocycles. The van der Waals surface area contributed by atoms with Crippen LogP contribution >= 0.6 is 0 Å². The van der Waals surface area contributed by atoms with Crippen LogP contribution in [0, 0.1) is 0 Å². The largest absolute Gasteiger partial charge is 0.423 e. The summed E-state index contributed by atoms with van der Waals surface area (Å²) in [6.45, 7) is 7.00. The van der Waals surface area contributed by atoms with E-state index in [0.717, 1.165) is 50.8 Å². The van der Waals surface area contributed by atoms with Crippen LogP contribution in [0.25, 0.3) is 21.5 Å². The molecule has 0 aliphatic rings. The zero-order valence-corrected chi connectivity index (χ0v) is 20.0. The number of para-hydroxylation sites is 1. The average Bonchev–Trinajstić information content (AvgIpc) is 2.94. The number of fused-ring (bicyclic) bond motifs is 2. The molecular weight excluding hydrogens is 462 g/mol. The van der Waals surface area contributed by atoms with E-state index in [0.29, 0.717) is 11.5 Å². The fraction of sp³-hybridized carbons (Fsp3) is 0. The number of anilines is 3. The van der Waals surface area contributed by atoms with Crippen LogP contribution in [0.5, 0.6) is 11.5 Å². The minimum atomic E-state index is -0.520. The summed E-state index contributed by atoms with van der Waals surface area (Å²) in [5.74, 6) is -0.135. The van der Waals surface area contributed by atoms with Crippen LogP contribution in [-0.4, -0.2) is 11.9 Å². The highest BCUT2D eigenvalue weighted by Crippen LogP contribution is 2.44. The molecule has 0 amide bonds. The van der Waals surface area contributed by atoms with Crippen LogP contribution in [0.2, 0.25) is 0 Å². The Bertz CT molecular complexity index is 1550. The van der Waals surface area contributed by atoms with Crippen molar-refractivity contribution < 1.29 is 19.1 Å². The highest BCUT2D eigenvalue weighted by molar-refractivity contribution is 6.07. The lowest BCUT2D eigenvalue weighted by molar-refractivity contribution is -0.129. The molecule has 0 N–H and O–H groups in total. The van der Waals surface area contributed by atoms with Crippen molar-refractivity contribution >= 4 is 50.5 Å². The Hall–Kier alpha value is -5.16. The second kappa shape index (κ2) is 10.2. The van der Waals surface area contributed by atoms with Crippen LogP contribution in [0.3, 0.4) is 0 Å². The predicted molar refractivity (Wildman–Crippen MR) is 148 cm³/mol. The summed E-state index contributed by atoms with van der Waals surface area (Å²) in [5.41, 5.74) is 2.71. The molecule has 0 atom stereocenters. The maximum atomic E-state index is 12.0. The molecule has 5 rings (SSSR count). The van der Waals surface area contributed by atoms with Crippen LogP contribution < -0.4 is 14.4 Å². The van der Waals surface area contributed by atoms with E-state index < -0.39 is 11.9 Å². The number of carbonyl (C=O) groups excluding carboxylic acids is 2. The van der Waals surface area contributed by atoms with Gasteiger partial charge in [0.2, 0.25) is 0 Å². The second-order valence-corrected chi connectivity index (χ2v) is 8.18. The minimum absolute atomic E-state index is 0.453. The average molecular weight is 486 g/mol. The first kappa shape index (κ1) is 23.6. The van der Waals surface area contributed by atoms with Gasteiger partial charge in [-0.25, -0.2) is 9.59 Å². The van der Waals surface area contributed by atoms with E-state index in [9.17, 15) is 9.59 Å². The van der Waals surface area contributed by atoms with E-state index >= 15 is 0 Å². The van der Waals surface area contributed by atoms with Gasteiger partial charge in [0, 0.05) is 39.4 Å². The molecule has 0 fully saturated rings. The lowest BCUT2D eigenvalue weighted by atomic mass is 10.0. The zero-order chi connectivity index (χ0) is 25.8. The molecule has 0 aliphatic carbocycles. The highest BCUT2D eigenvalue weighted by atomic mass is 16.5. The van der Waals surface area contributed by atoms with E-state index in [1.165, 1.54) is 0 Å². The molecule has 0 unspecified atom stereocenters. The normalized spacial score (nSPS) is 10.6. The van der Waals surface area contributed by atoms with E-state index in [1.807, 2.05) is 91.0 Å². The van der Waals surface area contributed by atoms with Crippen molar-refractivity contribution in [3.05, 3.63) is 128 Å². The summed E-state index contributed by atoms with van der Waals surface area (Å²) in [4.78, 5) is 26.1. The Morgan fingerprint density at radius 3 is 1.43 bits per heavy atom. The number of ether oxygens (including phenoxy) is 2. The van der Waals surface area contributed by atoms with Crippen LogP contribution in [0.15, 0.2) is 128 Å². The lowest BCUT2D eigenvalue weighted by Gasteiger charge is -2.28. The van der Waals surface area contributed by atoms with Gasteiger partial charge in [0.1, 0.15) is 11.5 Å². The molecule has 0 heterocycles. The molecule has 0 aliphatic heterocycles. The molecule has 5 nitrogen and oxygen atoms in total. The summed E-state index contributed by atoms with van der Waals surface area (Å²) in [6.07, 6.45) is 2.29. The Kier molecular flexibility index (Phi) is 6.51. The lowest BCUT2D eigenvalue weighted by Crippen LogP contribution is -2.11. The van der Waals surface area contributed by atoms with Gasteiger partial charge in [0.25, 0.3) is 0 Å². The molecule has 5 aromatic carbocycles. The summed E-state index contributed by atoms with van der Waals surface area (Å²) in [5, 5.41) is 3.37. The van der Waals surface area contributed by atoms with Gasteiger partial charge in [-0.1, -0.05) is 79.9 Å². The molecule has 5 heteroatoms. The summed E-state index contributed by atoms with van der Waals surface area (Å²) >= 11 is 0. The molecule has 0 radical (unpaired) electrons. The first-order valence-electron chi connectivity index (χ1n) is 11.7. The molecular formula is C32H23NO4. The van der Waals surface area contributed by atoms with E-state index in [1.54, 1.807) is 12.1 Å². The molecule has 0 saturated carbocycles. The minimum Gasteiger partial charge on any atom is -0.423 e. The van der Waals surface area contributed by atoms with Gasteiger partial charge in [-0.05, 0) is 36.4 Å². The Morgan fingerprint density at radius 1 is 0.541 bits per heavy atom. The van der Waals surface area contributed by atoms with Gasteiger partial charge in [-0.3, -0.25) is 0 Å². The number of carbonyl (C=O) groups is 2. The summed E-state index contributed by atoms with van der Waals surface area (Å²) < 4.78 is 11.0. The van der Waals surface area contributed by atoms with Crippen molar-refractivity contribution in [1.82, 2.24) is 0 Å². The van der Waals surface area contributed by atoms with Crippen molar-refractivity contribution in [3.8, 4) is 11.5 Å². The van der Waals surface area contributed by atoms with Gasteiger partial charge >= 0.3 is 11.9 Å². The summed E-state index contributed by atoms with van der Waals surface area (Å²) in [7, 11) is 0. The second-order valence-electron chi connectivity index (χ2n) is 8.18. The van der Waals surface area contributed by atoms with Gasteiger partial charge in [0.05, 0.1) is 11.4 Å². The molecule has 5 aromatic rings. The van der Waals surface area contributed by atoms with Gasteiger partial charge in [0.15, 0.2) is 0 Å². The summed E-state index contributed by atoms with van der Waals surface area (Å²) in [6, 6.07) is 33.0. The Morgan fingerprint density at radius 2 is 0.973 bits per heavy atom. The zero-order valence-electron chi connectivity index (χ0n) is 20.0. The molecule has 0 spiro atoms. The Labute approximate surface area is 214 Å². The first-order valence-corrected chi connectivity index (χ1v) is 11.7. The van der Waals surface area contributed by atoms with E-state index in [4.69, 9.17) is 9.47 Å². The third kappa shape index (κ3) is 4.58. The fourth-order valence-corrected chi connectivity index (χ4v) is 4.38. The third-order valence-corrected chi connectivity index (χ3v) is 5.97. The monoisotopic (exact) mass is 485 g/mol. The first-order chi connectivity index (χ1) is 18.1. The SMILES string of the molecule is C=CC(=O)Oc1cccc2c(N(c3ccccc3)c3cccc4c(OC(=O)C=C)cccc34)cccc12. The molecule has 0 bridgehead atoms. The van der Waals surface area contributed by atoms with Crippen LogP contribution in [-0.2, 0) is 9.59 Å². The quantitative estimate of drug-likeness (QED) is 0.135. The number of nitrogens with zero attached hydrogens (tertiary/aromatic N) is 1. The number of hydrogen-bond acceptors (Lipinski definition) is 5. The van der Waals surface area contributed by atoms with Gasteiger partial charge < -0.3 is 14.4 Å². The van der Waals surface area contributed by atoms with Crippen molar-refractivity contribution in [3.63, 3.8) is 0 Å². The van der Waals surface area contributed by atoms with Gasteiger partial charge in [-0.2, -0.15) is 0 Å². The molecule has 0 saturated heterocycles. The van der Waals surface area contributed by atoms with Crippen molar-refractivity contribution in [2.24, 2.45) is 0 Å². The van der Waals surface area contributed by atoms with Gasteiger partial charge in [-0.15, -0.1) is 0 Å².